The zero-order valence-electron chi connectivity index (χ0n) is 22.0. The number of aryl methyl sites for hydroxylation is 1. The maximum atomic E-state index is 12.2. The summed E-state index contributed by atoms with van der Waals surface area (Å²) in [5.41, 5.74) is 2.73. The molecule has 0 amide bonds. The third-order valence-electron chi connectivity index (χ3n) is 11.5. The highest BCUT2D eigenvalue weighted by atomic mass is 16.6. The number of aliphatic hydroxyl groups is 1. The fourth-order valence-electron chi connectivity index (χ4n) is 9.65. The van der Waals surface area contributed by atoms with Crippen LogP contribution in [-0.2, 0) is 16.6 Å². The molecule has 2 saturated carbocycles. The summed E-state index contributed by atoms with van der Waals surface area (Å²) in [6.45, 7) is 6.49. The van der Waals surface area contributed by atoms with E-state index < -0.39 is 17.1 Å². The van der Waals surface area contributed by atoms with Crippen LogP contribution in [0.25, 0.3) is 0 Å². The van der Waals surface area contributed by atoms with Crippen LogP contribution in [0.5, 0.6) is 11.5 Å². The van der Waals surface area contributed by atoms with Gasteiger partial charge < -0.3 is 19.7 Å². The molecular formula is C32H37NO4. The molecule has 2 aliphatic heterocycles. The fraction of sp³-hybridized carbons (Fsp3) is 0.562. The number of likely N-dealkylation sites (tertiary alicyclic amines) is 1. The number of ether oxygens (including phenoxy) is 2. The molecular weight excluding hydrogens is 462 g/mol. The summed E-state index contributed by atoms with van der Waals surface area (Å²) in [6, 6.07) is 12.6. The summed E-state index contributed by atoms with van der Waals surface area (Å²) in [5, 5.41) is 23.2. The molecule has 2 spiro atoms. The van der Waals surface area contributed by atoms with Crippen molar-refractivity contribution in [3.63, 3.8) is 0 Å². The third-order valence-corrected chi connectivity index (χ3v) is 11.5. The summed E-state index contributed by atoms with van der Waals surface area (Å²) in [6.07, 6.45) is 9.13. The smallest absolute Gasteiger partial charge is 0.165 e. The molecule has 37 heavy (non-hydrogen) atoms. The molecule has 2 N–H and O–H groups in total. The molecule has 2 aromatic carbocycles. The molecule has 5 aliphatic carbocycles. The number of rotatable bonds is 5. The van der Waals surface area contributed by atoms with Gasteiger partial charge in [0.25, 0.3) is 0 Å². The first-order valence-corrected chi connectivity index (χ1v) is 14.1. The Bertz CT molecular complexity index is 1330. The molecule has 5 nitrogen and oxygen atoms in total. The summed E-state index contributed by atoms with van der Waals surface area (Å²) in [5.74, 6) is 1.69. The van der Waals surface area contributed by atoms with E-state index in [-0.39, 0.29) is 22.7 Å². The number of piperidine rings is 1. The summed E-state index contributed by atoms with van der Waals surface area (Å²) >= 11 is 0. The van der Waals surface area contributed by atoms with Crippen molar-refractivity contribution in [2.24, 2.45) is 16.7 Å². The Morgan fingerprint density at radius 3 is 2.65 bits per heavy atom. The average Bonchev–Trinajstić information content (AvgIpc) is 3.64. The number of fused-ring (bicyclic) bond motifs is 1. The van der Waals surface area contributed by atoms with Crippen molar-refractivity contribution in [2.75, 3.05) is 20.2 Å². The predicted molar refractivity (Wildman–Crippen MR) is 141 cm³/mol. The number of methoxy groups -OCH3 is 1. The first-order chi connectivity index (χ1) is 17.8. The van der Waals surface area contributed by atoms with Crippen molar-refractivity contribution in [1.82, 2.24) is 4.90 Å². The molecule has 0 radical (unpaired) electrons. The number of hydrogen-bond donors (Lipinski definition) is 2. The Balaban J connectivity index is 1.37. The Morgan fingerprint density at radius 2 is 1.92 bits per heavy atom. The minimum Gasteiger partial charge on any atom is -0.504 e. The number of aliphatic hydroxyl groups excluding tert-OH is 1. The first-order valence-electron chi connectivity index (χ1n) is 14.1. The maximum Gasteiger partial charge on any atom is 0.165 e. The Hall–Kier alpha value is -2.34. The van der Waals surface area contributed by atoms with Gasteiger partial charge >= 0.3 is 0 Å². The molecule has 9 rings (SSSR count). The molecule has 2 aromatic rings. The molecule has 7 aliphatic rings. The molecule has 7 unspecified atom stereocenters. The van der Waals surface area contributed by atoms with E-state index in [1.807, 2.05) is 6.07 Å². The minimum absolute atomic E-state index is 0.197. The Morgan fingerprint density at radius 1 is 1.14 bits per heavy atom. The SMILES string of the molecule is COC12C=CC3(CC1(C)C(O)c1ccc(C)cc1)C1Cc4ccc(O)c5c4C3(CCN1CC1CC1)C2O5. The quantitative estimate of drug-likeness (QED) is 0.578. The topological polar surface area (TPSA) is 62.2 Å². The highest BCUT2D eigenvalue weighted by Crippen LogP contribution is 2.78. The highest BCUT2D eigenvalue weighted by molar-refractivity contribution is 5.65. The van der Waals surface area contributed by atoms with Crippen LogP contribution in [0.2, 0.25) is 0 Å². The van der Waals surface area contributed by atoms with Crippen molar-refractivity contribution in [3.05, 3.63) is 70.8 Å². The maximum absolute atomic E-state index is 12.2. The number of aromatic hydroxyl groups is 1. The second-order valence-electron chi connectivity index (χ2n) is 13.1. The lowest BCUT2D eigenvalue weighted by molar-refractivity contribution is -0.270. The van der Waals surface area contributed by atoms with Crippen LogP contribution in [0, 0.1) is 23.7 Å². The van der Waals surface area contributed by atoms with Crippen LogP contribution >= 0.6 is 0 Å². The molecule has 7 atom stereocenters. The number of nitrogens with zero attached hydrogens (tertiary/aromatic N) is 1. The lowest BCUT2D eigenvalue weighted by Gasteiger charge is -2.74. The van der Waals surface area contributed by atoms with Gasteiger partial charge in [0.2, 0.25) is 0 Å². The van der Waals surface area contributed by atoms with Crippen LogP contribution in [0.15, 0.2) is 48.6 Å². The van der Waals surface area contributed by atoms with Gasteiger partial charge in [0, 0.05) is 36.1 Å². The third kappa shape index (κ3) is 2.44. The standard InChI is InChI=1S/C32H37NO4/c1-19-4-8-21(9-5-19)27(35)29(2)18-30-12-13-32(29,36-3)28-31(30)14-15-33(17-20-6-7-20)24(30)16-22-10-11-23(34)26(37-28)25(22)31/h4-5,8-13,20,24,27-28,34-35H,6-7,14-18H2,1-3H3. The van der Waals surface area contributed by atoms with E-state index in [4.69, 9.17) is 9.47 Å². The monoisotopic (exact) mass is 499 g/mol. The molecule has 4 bridgehead atoms. The molecule has 2 heterocycles. The second kappa shape index (κ2) is 6.99. The van der Waals surface area contributed by atoms with E-state index in [1.165, 1.54) is 29.5 Å². The summed E-state index contributed by atoms with van der Waals surface area (Å²) in [7, 11) is 1.77. The minimum atomic E-state index is -0.831. The predicted octanol–water partition coefficient (Wildman–Crippen LogP) is 4.82. The Kier molecular flexibility index (Phi) is 4.28. The van der Waals surface area contributed by atoms with Crippen molar-refractivity contribution in [3.8, 4) is 11.5 Å². The fourth-order valence-corrected chi connectivity index (χ4v) is 9.65. The lowest BCUT2D eigenvalue weighted by atomic mass is 9.33. The van der Waals surface area contributed by atoms with Gasteiger partial charge in [0.05, 0.1) is 11.5 Å². The van der Waals surface area contributed by atoms with Gasteiger partial charge in [-0.2, -0.15) is 0 Å². The molecule has 3 fully saturated rings. The van der Waals surface area contributed by atoms with Crippen molar-refractivity contribution in [1.29, 1.82) is 0 Å². The van der Waals surface area contributed by atoms with Crippen LogP contribution in [0.4, 0.5) is 0 Å². The van der Waals surface area contributed by atoms with E-state index >= 15 is 0 Å². The second-order valence-corrected chi connectivity index (χ2v) is 13.1. The van der Waals surface area contributed by atoms with E-state index in [9.17, 15) is 10.2 Å². The van der Waals surface area contributed by atoms with Crippen molar-refractivity contribution in [2.45, 2.75) is 75.2 Å². The van der Waals surface area contributed by atoms with Crippen LogP contribution < -0.4 is 4.74 Å². The van der Waals surface area contributed by atoms with Crippen molar-refractivity contribution >= 4 is 0 Å². The highest BCUT2D eigenvalue weighted by Gasteiger charge is 2.82. The van der Waals surface area contributed by atoms with Gasteiger partial charge in [-0.25, -0.2) is 0 Å². The lowest BCUT2D eigenvalue weighted by Crippen LogP contribution is -2.81. The van der Waals surface area contributed by atoms with E-state index in [2.05, 4.69) is 61.2 Å². The Labute approximate surface area is 219 Å². The van der Waals surface area contributed by atoms with E-state index in [0.29, 0.717) is 11.8 Å². The van der Waals surface area contributed by atoms with Gasteiger partial charge in [-0.05, 0) is 68.7 Å². The largest absolute Gasteiger partial charge is 0.504 e. The molecule has 1 saturated heterocycles. The van der Waals surface area contributed by atoms with Gasteiger partial charge in [-0.3, -0.25) is 4.90 Å². The van der Waals surface area contributed by atoms with Gasteiger partial charge in [0.1, 0.15) is 11.7 Å². The zero-order valence-corrected chi connectivity index (χ0v) is 22.0. The van der Waals surface area contributed by atoms with Crippen LogP contribution in [0.3, 0.4) is 0 Å². The van der Waals surface area contributed by atoms with Gasteiger partial charge in [-0.15, -0.1) is 0 Å². The molecule has 5 heteroatoms. The summed E-state index contributed by atoms with van der Waals surface area (Å²) < 4.78 is 13.5. The first kappa shape index (κ1) is 22.6. The normalized spacial score (nSPS) is 41.4. The molecule has 0 aromatic heterocycles. The van der Waals surface area contributed by atoms with Gasteiger partial charge in [-0.1, -0.05) is 55.0 Å². The van der Waals surface area contributed by atoms with E-state index in [1.54, 1.807) is 7.11 Å². The van der Waals surface area contributed by atoms with E-state index in [0.717, 1.165) is 43.8 Å². The van der Waals surface area contributed by atoms with Crippen LogP contribution in [0.1, 0.15) is 61.0 Å². The number of phenols is 1. The number of benzene rings is 2. The van der Waals surface area contributed by atoms with Gasteiger partial charge in [0.15, 0.2) is 11.5 Å². The number of phenolic OH excluding ortho intramolecular Hbond substituents is 1. The zero-order chi connectivity index (χ0) is 25.4. The molecule has 194 valence electrons. The number of hydrogen-bond acceptors (Lipinski definition) is 5. The summed E-state index contributed by atoms with van der Waals surface area (Å²) in [4.78, 5) is 2.77. The van der Waals surface area contributed by atoms with Crippen molar-refractivity contribution < 1.29 is 19.7 Å². The van der Waals surface area contributed by atoms with Crippen LogP contribution in [-0.4, -0.2) is 53.1 Å². The average molecular weight is 500 g/mol.